The molecule has 0 saturated carbocycles. The highest BCUT2D eigenvalue weighted by Gasteiger charge is 2.15. The average molecular weight is 285 g/mol. The molecule has 0 aliphatic carbocycles. The van der Waals surface area contributed by atoms with Crippen molar-refractivity contribution < 1.29 is 14.3 Å². The van der Waals surface area contributed by atoms with Crippen LogP contribution in [0.4, 0.5) is 0 Å². The van der Waals surface area contributed by atoms with Crippen molar-refractivity contribution in [3.63, 3.8) is 0 Å². The van der Waals surface area contributed by atoms with Crippen LogP contribution in [-0.4, -0.2) is 31.1 Å². The van der Waals surface area contributed by atoms with Crippen molar-refractivity contribution in [2.24, 2.45) is 0 Å². The molecule has 0 aliphatic heterocycles. The van der Waals surface area contributed by atoms with Crippen molar-refractivity contribution in [1.82, 2.24) is 4.98 Å². The van der Waals surface area contributed by atoms with Gasteiger partial charge in [-0.05, 0) is 38.1 Å². The van der Waals surface area contributed by atoms with Crippen molar-refractivity contribution in [2.45, 2.75) is 13.8 Å². The van der Waals surface area contributed by atoms with Crippen molar-refractivity contribution in [1.29, 1.82) is 0 Å². The van der Waals surface area contributed by atoms with Gasteiger partial charge in [0, 0.05) is 24.1 Å². The van der Waals surface area contributed by atoms with Gasteiger partial charge in [-0.1, -0.05) is 12.1 Å². The first-order valence-electron chi connectivity index (χ1n) is 6.82. The van der Waals surface area contributed by atoms with Crippen molar-refractivity contribution in [3.05, 3.63) is 58.9 Å². The maximum Gasteiger partial charge on any atom is 0.196 e. The van der Waals surface area contributed by atoms with E-state index in [9.17, 15) is 4.79 Å². The maximum atomic E-state index is 12.7. The van der Waals surface area contributed by atoms with Gasteiger partial charge in [-0.15, -0.1) is 0 Å². The summed E-state index contributed by atoms with van der Waals surface area (Å²) in [5.74, 6) is 0.517. The number of para-hydroxylation sites is 1. The molecule has 0 N–H and O–H groups in total. The van der Waals surface area contributed by atoms with Crippen LogP contribution in [0.2, 0.25) is 0 Å². The number of ketones is 1. The Labute approximate surface area is 124 Å². The van der Waals surface area contributed by atoms with Gasteiger partial charge in [-0.2, -0.15) is 0 Å². The number of hydrogen-bond acceptors (Lipinski definition) is 4. The van der Waals surface area contributed by atoms with Gasteiger partial charge in [0.05, 0.1) is 12.2 Å². The Morgan fingerprint density at radius 1 is 1.10 bits per heavy atom. The van der Waals surface area contributed by atoms with Crippen LogP contribution in [0, 0.1) is 13.8 Å². The Bertz CT molecular complexity index is 617. The Kier molecular flexibility index (Phi) is 5.06. The molecule has 1 aromatic carbocycles. The molecule has 21 heavy (non-hydrogen) atoms. The quantitative estimate of drug-likeness (QED) is 0.605. The number of carbonyl (C=O) groups is 1. The Morgan fingerprint density at radius 3 is 2.43 bits per heavy atom. The number of aryl methyl sites for hydroxylation is 2. The standard InChI is InChI=1S/C17H19NO3/c1-12-10-14(11-13(2)18-12)17(19)15-6-4-5-7-16(15)21-9-8-20-3/h4-7,10-11H,8-9H2,1-3H3. The van der Waals surface area contributed by atoms with E-state index in [1.807, 2.05) is 26.0 Å². The summed E-state index contributed by atoms with van der Waals surface area (Å²) in [5, 5.41) is 0. The van der Waals surface area contributed by atoms with Crippen LogP contribution in [0.3, 0.4) is 0 Å². The first-order chi connectivity index (χ1) is 10.1. The summed E-state index contributed by atoms with van der Waals surface area (Å²) < 4.78 is 10.6. The molecule has 0 saturated heterocycles. The van der Waals surface area contributed by atoms with E-state index in [4.69, 9.17) is 9.47 Å². The van der Waals surface area contributed by atoms with E-state index in [2.05, 4.69) is 4.98 Å². The highest BCUT2D eigenvalue weighted by molar-refractivity contribution is 6.10. The summed E-state index contributed by atoms with van der Waals surface area (Å²) in [5.41, 5.74) is 2.84. The van der Waals surface area contributed by atoms with Crippen LogP contribution in [0.5, 0.6) is 5.75 Å². The first-order valence-corrected chi connectivity index (χ1v) is 6.82. The molecule has 4 heteroatoms. The van der Waals surface area contributed by atoms with Crippen molar-refractivity contribution in [3.8, 4) is 5.75 Å². The fraction of sp³-hybridized carbons (Fsp3) is 0.294. The molecule has 0 fully saturated rings. The monoisotopic (exact) mass is 285 g/mol. The van der Waals surface area contributed by atoms with Gasteiger partial charge >= 0.3 is 0 Å². The van der Waals surface area contributed by atoms with Crippen LogP contribution in [0.15, 0.2) is 36.4 Å². The molecule has 0 aliphatic rings. The molecule has 0 unspecified atom stereocenters. The number of methoxy groups -OCH3 is 1. The van der Waals surface area contributed by atoms with E-state index >= 15 is 0 Å². The lowest BCUT2D eigenvalue weighted by Gasteiger charge is -2.11. The zero-order chi connectivity index (χ0) is 15.2. The maximum absolute atomic E-state index is 12.7. The molecular weight excluding hydrogens is 266 g/mol. The number of benzene rings is 1. The van der Waals surface area contributed by atoms with Gasteiger partial charge in [0.2, 0.25) is 0 Å². The summed E-state index contributed by atoms with van der Waals surface area (Å²) >= 11 is 0. The highest BCUT2D eigenvalue weighted by Crippen LogP contribution is 2.22. The van der Waals surface area contributed by atoms with Crippen molar-refractivity contribution in [2.75, 3.05) is 20.3 Å². The minimum absolute atomic E-state index is 0.0587. The molecule has 0 spiro atoms. The van der Waals surface area contributed by atoms with Crippen LogP contribution >= 0.6 is 0 Å². The Hall–Kier alpha value is -2.20. The third kappa shape index (κ3) is 3.89. The number of ether oxygens (including phenoxy) is 2. The summed E-state index contributed by atoms with van der Waals surface area (Å²) in [6.45, 7) is 4.65. The second-order valence-corrected chi connectivity index (χ2v) is 4.81. The van der Waals surface area contributed by atoms with Crippen LogP contribution in [0.25, 0.3) is 0 Å². The zero-order valence-electron chi connectivity index (χ0n) is 12.6. The number of nitrogens with zero attached hydrogens (tertiary/aromatic N) is 1. The number of pyridine rings is 1. The number of aromatic nitrogens is 1. The lowest BCUT2D eigenvalue weighted by molar-refractivity contribution is 0.103. The molecule has 0 radical (unpaired) electrons. The summed E-state index contributed by atoms with van der Waals surface area (Å²) in [7, 11) is 1.61. The van der Waals surface area contributed by atoms with Gasteiger partial charge in [0.1, 0.15) is 12.4 Å². The fourth-order valence-electron chi connectivity index (χ4n) is 2.14. The predicted octanol–water partition coefficient (Wildman–Crippen LogP) is 2.95. The van der Waals surface area contributed by atoms with Crippen LogP contribution in [-0.2, 0) is 4.74 Å². The molecule has 1 heterocycles. The Balaban J connectivity index is 2.30. The summed E-state index contributed by atoms with van der Waals surface area (Å²) in [6.07, 6.45) is 0. The molecule has 0 bridgehead atoms. The second-order valence-electron chi connectivity index (χ2n) is 4.81. The predicted molar refractivity (Wildman–Crippen MR) is 81.0 cm³/mol. The second kappa shape index (κ2) is 6.99. The van der Waals surface area contributed by atoms with E-state index in [0.29, 0.717) is 30.1 Å². The van der Waals surface area contributed by atoms with Gasteiger partial charge in [0.15, 0.2) is 5.78 Å². The van der Waals surface area contributed by atoms with E-state index in [1.54, 1.807) is 31.4 Å². The fourth-order valence-corrected chi connectivity index (χ4v) is 2.14. The lowest BCUT2D eigenvalue weighted by atomic mass is 10.0. The van der Waals surface area contributed by atoms with Crippen molar-refractivity contribution >= 4 is 5.78 Å². The topological polar surface area (TPSA) is 48.4 Å². The average Bonchev–Trinajstić information content (AvgIpc) is 2.46. The van der Waals surface area contributed by atoms with E-state index in [1.165, 1.54) is 0 Å². The molecular formula is C17H19NO3. The summed E-state index contributed by atoms with van der Waals surface area (Å²) in [4.78, 5) is 17.0. The largest absolute Gasteiger partial charge is 0.490 e. The minimum atomic E-state index is -0.0587. The SMILES string of the molecule is COCCOc1ccccc1C(=O)c1cc(C)nc(C)c1. The number of hydrogen-bond donors (Lipinski definition) is 0. The van der Waals surface area contributed by atoms with Gasteiger partial charge < -0.3 is 9.47 Å². The zero-order valence-corrected chi connectivity index (χ0v) is 12.6. The molecule has 4 nitrogen and oxygen atoms in total. The normalized spacial score (nSPS) is 10.4. The van der Waals surface area contributed by atoms with E-state index < -0.39 is 0 Å². The third-order valence-electron chi connectivity index (χ3n) is 3.02. The van der Waals surface area contributed by atoms with Gasteiger partial charge in [-0.3, -0.25) is 9.78 Å². The molecule has 0 amide bonds. The molecule has 1 aromatic heterocycles. The Morgan fingerprint density at radius 2 is 1.76 bits per heavy atom. The van der Waals surface area contributed by atoms with Gasteiger partial charge in [-0.25, -0.2) is 0 Å². The molecule has 2 rings (SSSR count). The minimum Gasteiger partial charge on any atom is -0.490 e. The van der Waals surface area contributed by atoms with E-state index in [0.717, 1.165) is 11.4 Å². The number of rotatable bonds is 6. The van der Waals surface area contributed by atoms with Gasteiger partial charge in [0.25, 0.3) is 0 Å². The molecule has 0 atom stereocenters. The third-order valence-corrected chi connectivity index (χ3v) is 3.02. The molecule has 2 aromatic rings. The smallest absolute Gasteiger partial charge is 0.196 e. The van der Waals surface area contributed by atoms with E-state index in [-0.39, 0.29) is 5.78 Å². The summed E-state index contributed by atoms with van der Waals surface area (Å²) in [6, 6.07) is 10.8. The highest BCUT2D eigenvalue weighted by atomic mass is 16.5. The number of carbonyl (C=O) groups excluding carboxylic acids is 1. The lowest BCUT2D eigenvalue weighted by Crippen LogP contribution is -2.09. The molecule has 110 valence electrons. The van der Waals surface area contributed by atoms with Crippen LogP contribution in [0.1, 0.15) is 27.3 Å². The first kappa shape index (κ1) is 15.2. The van der Waals surface area contributed by atoms with Crippen LogP contribution < -0.4 is 4.74 Å².